The van der Waals surface area contributed by atoms with Gasteiger partial charge in [0.2, 0.25) is 0 Å². The Morgan fingerprint density at radius 3 is 1.77 bits per heavy atom. The molecule has 0 spiro atoms. The maximum Gasteiger partial charge on any atom is 0.0980 e. The van der Waals surface area contributed by atoms with Crippen LogP contribution in [0.1, 0.15) is 11.1 Å². The SMILES string of the molecule is CN(N=C(c1ccccc1)c1ccccc1)c1ccc2ccccc2c1. The second-order valence-electron chi connectivity index (χ2n) is 6.24. The number of hydrazone groups is 1. The van der Waals surface area contributed by atoms with E-state index < -0.39 is 0 Å². The molecule has 2 heteroatoms. The van der Waals surface area contributed by atoms with Crippen LogP contribution in [0.3, 0.4) is 0 Å². The van der Waals surface area contributed by atoms with Crippen molar-refractivity contribution in [2.24, 2.45) is 5.10 Å². The summed E-state index contributed by atoms with van der Waals surface area (Å²) in [5.41, 5.74) is 4.23. The van der Waals surface area contributed by atoms with Crippen molar-refractivity contribution in [2.45, 2.75) is 0 Å². The molecule has 0 bridgehead atoms. The lowest BCUT2D eigenvalue weighted by atomic mass is 10.0. The Labute approximate surface area is 154 Å². The topological polar surface area (TPSA) is 15.6 Å². The summed E-state index contributed by atoms with van der Waals surface area (Å²) < 4.78 is 0. The molecule has 0 amide bonds. The van der Waals surface area contributed by atoms with Crippen molar-refractivity contribution in [1.82, 2.24) is 0 Å². The van der Waals surface area contributed by atoms with Crippen molar-refractivity contribution in [1.29, 1.82) is 0 Å². The quantitative estimate of drug-likeness (QED) is 0.343. The maximum absolute atomic E-state index is 4.94. The second-order valence-corrected chi connectivity index (χ2v) is 6.24. The van der Waals surface area contributed by atoms with Crippen molar-refractivity contribution in [3.05, 3.63) is 114 Å². The molecular formula is C24H20N2. The molecule has 0 atom stereocenters. The zero-order valence-corrected chi connectivity index (χ0v) is 14.7. The third-order valence-corrected chi connectivity index (χ3v) is 4.45. The van der Waals surface area contributed by atoms with Crippen LogP contribution in [0.25, 0.3) is 10.8 Å². The Morgan fingerprint density at radius 2 is 1.15 bits per heavy atom. The van der Waals surface area contributed by atoms with Gasteiger partial charge in [0.15, 0.2) is 0 Å². The van der Waals surface area contributed by atoms with Crippen LogP contribution < -0.4 is 5.01 Å². The fraction of sp³-hybridized carbons (Fsp3) is 0.0417. The van der Waals surface area contributed by atoms with Crippen LogP contribution in [0.15, 0.2) is 108 Å². The third kappa shape index (κ3) is 3.35. The van der Waals surface area contributed by atoms with Gasteiger partial charge in [0.05, 0.1) is 11.4 Å². The van der Waals surface area contributed by atoms with Gasteiger partial charge in [-0.15, -0.1) is 0 Å². The molecule has 0 fully saturated rings. The van der Waals surface area contributed by atoms with Gasteiger partial charge in [-0.05, 0) is 22.9 Å². The van der Waals surface area contributed by atoms with Gasteiger partial charge in [-0.25, -0.2) is 0 Å². The van der Waals surface area contributed by atoms with Crippen molar-refractivity contribution >= 4 is 22.2 Å². The highest BCUT2D eigenvalue weighted by Crippen LogP contribution is 2.22. The highest BCUT2D eigenvalue weighted by molar-refractivity contribution is 6.13. The van der Waals surface area contributed by atoms with E-state index in [2.05, 4.69) is 66.7 Å². The molecule has 0 aromatic heterocycles. The monoisotopic (exact) mass is 336 g/mol. The molecule has 4 rings (SSSR count). The van der Waals surface area contributed by atoms with Crippen LogP contribution >= 0.6 is 0 Å². The van der Waals surface area contributed by atoms with Crippen molar-refractivity contribution in [3.8, 4) is 0 Å². The minimum absolute atomic E-state index is 0.960. The fourth-order valence-corrected chi connectivity index (χ4v) is 3.06. The number of benzene rings is 4. The molecule has 0 aliphatic heterocycles. The Kier molecular flexibility index (Phi) is 4.48. The van der Waals surface area contributed by atoms with Gasteiger partial charge in [-0.2, -0.15) is 5.10 Å². The smallest absolute Gasteiger partial charge is 0.0980 e. The Morgan fingerprint density at radius 1 is 0.615 bits per heavy atom. The van der Waals surface area contributed by atoms with Crippen LogP contribution in [-0.2, 0) is 0 Å². The summed E-state index contributed by atoms with van der Waals surface area (Å²) in [6.07, 6.45) is 0. The van der Waals surface area contributed by atoms with Gasteiger partial charge in [0.1, 0.15) is 0 Å². The molecule has 26 heavy (non-hydrogen) atoms. The first-order valence-corrected chi connectivity index (χ1v) is 8.73. The van der Waals surface area contributed by atoms with E-state index in [1.165, 1.54) is 10.8 Å². The predicted molar refractivity (Wildman–Crippen MR) is 111 cm³/mol. The predicted octanol–water partition coefficient (Wildman–Crippen LogP) is 5.73. The molecule has 0 unspecified atom stereocenters. The zero-order chi connectivity index (χ0) is 17.8. The summed E-state index contributed by atoms with van der Waals surface area (Å²) in [6, 6.07) is 35.4. The minimum atomic E-state index is 0.960. The number of fused-ring (bicyclic) bond motifs is 1. The Balaban J connectivity index is 1.78. The molecule has 0 radical (unpaired) electrons. The third-order valence-electron chi connectivity index (χ3n) is 4.45. The van der Waals surface area contributed by atoms with Gasteiger partial charge in [0.25, 0.3) is 0 Å². The number of hydrogen-bond donors (Lipinski definition) is 0. The van der Waals surface area contributed by atoms with E-state index in [0.29, 0.717) is 0 Å². The van der Waals surface area contributed by atoms with Crippen LogP contribution in [0.4, 0.5) is 5.69 Å². The van der Waals surface area contributed by atoms with E-state index in [1.54, 1.807) is 0 Å². The second kappa shape index (κ2) is 7.24. The van der Waals surface area contributed by atoms with Gasteiger partial charge in [0, 0.05) is 18.2 Å². The van der Waals surface area contributed by atoms with Gasteiger partial charge in [-0.3, -0.25) is 5.01 Å². The molecule has 0 N–H and O–H groups in total. The van der Waals surface area contributed by atoms with Gasteiger partial charge >= 0.3 is 0 Å². The summed E-state index contributed by atoms with van der Waals surface area (Å²) in [5.74, 6) is 0. The number of nitrogens with zero attached hydrogens (tertiary/aromatic N) is 2. The molecule has 0 aliphatic rings. The highest BCUT2D eigenvalue weighted by Gasteiger charge is 2.09. The van der Waals surface area contributed by atoms with Crippen molar-refractivity contribution < 1.29 is 0 Å². The molecule has 0 saturated carbocycles. The van der Waals surface area contributed by atoms with Crippen LogP contribution in [0.5, 0.6) is 0 Å². The first-order valence-electron chi connectivity index (χ1n) is 8.73. The lowest BCUT2D eigenvalue weighted by Gasteiger charge is -2.17. The van der Waals surface area contributed by atoms with E-state index in [-0.39, 0.29) is 0 Å². The highest BCUT2D eigenvalue weighted by atomic mass is 15.4. The number of rotatable bonds is 4. The van der Waals surface area contributed by atoms with E-state index >= 15 is 0 Å². The molecule has 0 aliphatic carbocycles. The first-order chi connectivity index (χ1) is 12.8. The van der Waals surface area contributed by atoms with Gasteiger partial charge < -0.3 is 0 Å². The molecule has 0 saturated heterocycles. The summed E-state index contributed by atoms with van der Waals surface area (Å²) in [4.78, 5) is 0. The lowest BCUT2D eigenvalue weighted by Crippen LogP contribution is -2.15. The standard InChI is InChI=1S/C24H20N2/c1-26(23-17-16-19-10-8-9-15-22(19)18-23)25-24(20-11-4-2-5-12-20)21-13-6-3-7-14-21/h2-18H,1H3. The zero-order valence-electron chi connectivity index (χ0n) is 14.7. The summed E-state index contributed by atoms with van der Waals surface area (Å²) in [5, 5.41) is 9.34. The average molecular weight is 336 g/mol. The molecule has 0 heterocycles. The minimum Gasteiger partial charge on any atom is -0.268 e. The number of hydrogen-bond acceptors (Lipinski definition) is 2. The van der Waals surface area contributed by atoms with E-state index in [9.17, 15) is 0 Å². The Hall–Kier alpha value is -3.39. The van der Waals surface area contributed by atoms with E-state index in [0.717, 1.165) is 22.5 Å². The van der Waals surface area contributed by atoms with Gasteiger partial charge in [-0.1, -0.05) is 91.0 Å². The van der Waals surface area contributed by atoms with Crippen molar-refractivity contribution in [3.63, 3.8) is 0 Å². The lowest BCUT2D eigenvalue weighted by molar-refractivity contribution is 1.02. The first kappa shape index (κ1) is 16.1. The largest absolute Gasteiger partial charge is 0.268 e. The van der Waals surface area contributed by atoms with Crippen LogP contribution in [-0.4, -0.2) is 12.8 Å². The molecular weight excluding hydrogens is 316 g/mol. The molecule has 126 valence electrons. The van der Waals surface area contributed by atoms with E-state index in [4.69, 9.17) is 5.10 Å². The van der Waals surface area contributed by atoms with Crippen LogP contribution in [0.2, 0.25) is 0 Å². The average Bonchev–Trinajstić information content (AvgIpc) is 2.72. The normalized spacial score (nSPS) is 10.5. The molecule has 4 aromatic carbocycles. The summed E-state index contributed by atoms with van der Waals surface area (Å²) >= 11 is 0. The fourth-order valence-electron chi connectivity index (χ4n) is 3.06. The summed E-state index contributed by atoms with van der Waals surface area (Å²) in [6.45, 7) is 0. The maximum atomic E-state index is 4.94. The van der Waals surface area contributed by atoms with Crippen molar-refractivity contribution in [2.75, 3.05) is 12.1 Å². The summed E-state index contributed by atoms with van der Waals surface area (Å²) in [7, 11) is 2.00. The number of anilines is 1. The molecule has 2 nitrogen and oxygen atoms in total. The van der Waals surface area contributed by atoms with E-state index in [1.807, 2.05) is 48.5 Å². The molecule has 4 aromatic rings. The Bertz CT molecular complexity index is 996. The van der Waals surface area contributed by atoms with Crippen LogP contribution in [0, 0.1) is 0 Å².